The molecule has 1 atom stereocenters. The number of ether oxygens (including phenoxy) is 2. The fourth-order valence-corrected chi connectivity index (χ4v) is 2.86. The molecule has 27 heavy (non-hydrogen) atoms. The maximum Gasteiger partial charge on any atom is 0.326 e. The van der Waals surface area contributed by atoms with Crippen LogP contribution in [0.15, 0.2) is 29.2 Å². The van der Waals surface area contributed by atoms with Crippen LogP contribution in [0.3, 0.4) is 0 Å². The molecule has 0 saturated heterocycles. The van der Waals surface area contributed by atoms with Crippen LogP contribution < -0.4 is 10.3 Å². The van der Waals surface area contributed by atoms with E-state index in [0.29, 0.717) is 0 Å². The number of methoxy groups -OCH3 is 2. The first-order valence-corrected chi connectivity index (χ1v) is 8.13. The van der Waals surface area contributed by atoms with Crippen molar-refractivity contribution >= 4 is 17.6 Å². The molecule has 142 valence electrons. The standard InChI is InChI=1S/C18H16ClFN2O5/c1-26-4-3-15(18(24)25)22-9-16(27-2)12(7-17(22)23)11-5-10(19)6-14(20)13(11)8-21/h5-7,9,15H,3-4H2,1-2H3,(H,24,25). The maximum absolute atomic E-state index is 14.1. The van der Waals surface area contributed by atoms with Gasteiger partial charge in [-0.15, -0.1) is 0 Å². The quantitative estimate of drug-likeness (QED) is 0.774. The summed E-state index contributed by atoms with van der Waals surface area (Å²) in [6.45, 7) is 0.131. The SMILES string of the molecule is COCCC(C(=O)O)n1cc(OC)c(-c2cc(Cl)cc(F)c2C#N)cc1=O. The minimum Gasteiger partial charge on any atom is -0.495 e. The summed E-state index contributed by atoms with van der Waals surface area (Å²) in [4.78, 5) is 24.1. The molecule has 0 amide bonds. The van der Waals surface area contributed by atoms with E-state index in [1.807, 2.05) is 0 Å². The number of halogens is 2. The van der Waals surface area contributed by atoms with Crippen LogP contribution in [0, 0.1) is 17.1 Å². The van der Waals surface area contributed by atoms with Gasteiger partial charge in [-0.3, -0.25) is 9.36 Å². The Balaban J connectivity index is 2.70. The van der Waals surface area contributed by atoms with Crippen LogP contribution in [0.1, 0.15) is 18.0 Å². The first kappa shape index (κ1) is 20.4. The lowest BCUT2D eigenvalue weighted by molar-refractivity contribution is -0.141. The van der Waals surface area contributed by atoms with Crippen molar-refractivity contribution in [2.75, 3.05) is 20.8 Å². The molecule has 1 aromatic carbocycles. The molecule has 2 aromatic rings. The van der Waals surface area contributed by atoms with Crippen LogP contribution in [0.5, 0.6) is 5.75 Å². The number of aliphatic carboxylic acids is 1. The molecule has 0 spiro atoms. The van der Waals surface area contributed by atoms with Gasteiger partial charge in [0.15, 0.2) is 0 Å². The number of hydrogen-bond acceptors (Lipinski definition) is 5. The highest BCUT2D eigenvalue weighted by molar-refractivity contribution is 6.31. The average Bonchev–Trinajstić information content (AvgIpc) is 2.62. The Hall–Kier alpha value is -2.89. The first-order valence-electron chi connectivity index (χ1n) is 7.75. The molecule has 2 rings (SSSR count). The summed E-state index contributed by atoms with van der Waals surface area (Å²) in [5, 5.41) is 18.7. The average molecular weight is 395 g/mol. The third-order valence-electron chi connectivity index (χ3n) is 3.94. The highest BCUT2D eigenvalue weighted by Gasteiger charge is 2.24. The molecule has 1 heterocycles. The van der Waals surface area contributed by atoms with Crippen molar-refractivity contribution in [2.45, 2.75) is 12.5 Å². The second-order valence-electron chi connectivity index (χ2n) is 5.56. The smallest absolute Gasteiger partial charge is 0.326 e. The summed E-state index contributed by atoms with van der Waals surface area (Å²) in [6, 6.07) is 3.98. The van der Waals surface area contributed by atoms with Gasteiger partial charge < -0.3 is 14.6 Å². The highest BCUT2D eigenvalue weighted by Crippen LogP contribution is 2.34. The zero-order valence-electron chi connectivity index (χ0n) is 14.5. The third-order valence-corrected chi connectivity index (χ3v) is 4.16. The van der Waals surface area contributed by atoms with Gasteiger partial charge in [0.05, 0.1) is 18.9 Å². The monoisotopic (exact) mass is 394 g/mol. The minimum atomic E-state index is -1.21. The van der Waals surface area contributed by atoms with Crippen LogP contribution in [0.4, 0.5) is 4.39 Å². The molecule has 1 unspecified atom stereocenters. The Morgan fingerprint density at radius 2 is 2.07 bits per heavy atom. The van der Waals surface area contributed by atoms with Crippen molar-refractivity contribution < 1.29 is 23.8 Å². The summed E-state index contributed by atoms with van der Waals surface area (Å²) in [6.07, 6.45) is 1.27. The summed E-state index contributed by atoms with van der Waals surface area (Å²) in [5.41, 5.74) is -0.748. The number of carboxylic acid groups (broad SMARTS) is 1. The van der Waals surface area contributed by atoms with Crippen LogP contribution in [0.25, 0.3) is 11.1 Å². The number of carboxylic acids is 1. The van der Waals surface area contributed by atoms with Crippen LogP contribution in [-0.4, -0.2) is 36.5 Å². The lowest BCUT2D eigenvalue weighted by atomic mass is 9.99. The van der Waals surface area contributed by atoms with Crippen molar-refractivity contribution in [3.05, 3.63) is 51.2 Å². The van der Waals surface area contributed by atoms with Crippen molar-refractivity contribution in [2.24, 2.45) is 0 Å². The molecule has 1 N–H and O–H groups in total. The lowest BCUT2D eigenvalue weighted by Crippen LogP contribution is -2.30. The number of nitriles is 1. The number of aromatic nitrogens is 1. The van der Waals surface area contributed by atoms with Gasteiger partial charge in [0.2, 0.25) is 0 Å². The second-order valence-corrected chi connectivity index (χ2v) is 5.99. The minimum absolute atomic E-state index is 0.0382. The predicted molar refractivity (Wildman–Crippen MR) is 95.5 cm³/mol. The topological polar surface area (TPSA) is 102 Å². The summed E-state index contributed by atoms with van der Waals surface area (Å²) >= 11 is 5.88. The molecule has 0 aliphatic heterocycles. The Kier molecular flexibility index (Phi) is 6.55. The van der Waals surface area contributed by atoms with E-state index in [1.54, 1.807) is 6.07 Å². The largest absolute Gasteiger partial charge is 0.495 e. The fraction of sp³-hybridized carbons (Fsp3) is 0.278. The van der Waals surface area contributed by atoms with Gasteiger partial charge >= 0.3 is 5.97 Å². The molecule has 1 aromatic heterocycles. The Morgan fingerprint density at radius 3 is 2.63 bits per heavy atom. The van der Waals surface area contributed by atoms with Crippen molar-refractivity contribution in [1.82, 2.24) is 4.57 Å². The number of carbonyl (C=O) groups is 1. The Labute approximate surface area is 159 Å². The van der Waals surface area contributed by atoms with Gasteiger partial charge in [0.1, 0.15) is 23.7 Å². The van der Waals surface area contributed by atoms with E-state index in [9.17, 15) is 24.3 Å². The lowest BCUT2D eigenvalue weighted by Gasteiger charge is -2.18. The van der Waals surface area contributed by atoms with Gasteiger partial charge in [0.25, 0.3) is 5.56 Å². The molecule has 0 aliphatic carbocycles. The summed E-state index contributed by atoms with van der Waals surface area (Å²) in [7, 11) is 2.73. The van der Waals surface area contributed by atoms with Crippen LogP contribution in [0.2, 0.25) is 5.02 Å². The molecular weight excluding hydrogens is 379 g/mol. The molecule has 7 nitrogen and oxygen atoms in total. The molecule has 0 saturated carbocycles. The number of benzene rings is 1. The highest BCUT2D eigenvalue weighted by atomic mass is 35.5. The molecule has 0 aliphatic rings. The van der Waals surface area contributed by atoms with Gasteiger partial charge in [-0.25, -0.2) is 9.18 Å². The van der Waals surface area contributed by atoms with Gasteiger partial charge in [0, 0.05) is 42.4 Å². The number of rotatable bonds is 7. The van der Waals surface area contributed by atoms with Crippen LogP contribution in [-0.2, 0) is 9.53 Å². The number of hydrogen-bond donors (Lipinski definition) is 1. The number of pyridine rings is 1. The maximum atomic E-state index is 14.1. The number of nitrogens with zero attached hydrogens (tertiary/aromatic N) is 2. The molecule has 0 bridgehead atoms. The normalized spacial score (nSPS) is 11.7. The Bertz CT molecular complexity index is 967. The van der Waals surface area contributed by atoms with Crippen molar-refractivity contribution in [3.63, 3.8) is 0 Å². The summed E-state index contributed by atoms with van der Waals surface area (Å²) in [5.74, 6) is -1.96. The van der Waals surface area contributed by atoms with Crippen molar-refractivity contribution in [3.8, 4) is 22.9 Å². The third kappa shape index (κ3) is 4.27. The second kappa shape index (κ2) is 8.66. The molecular formula is C18H16ClFN2O5. The zero-order valence-corrected chi connectivity index (χ0v) is 15.3. The molecule has 0 radical (unpaired) electrons. The van der Waals surface area contributed by atoms with Gasteiger partial charge in [-0.1, -0.05) is 11.6 Å². The summed E-state index contributed by atoms with van der Waals surface area (Å²) < 4.78 is 25.2. The van der Waals surface area contributed by atoms with E-state index in [4.69, 9.17) is 21.1 Å². The van der Waals surface area contributed by atoms with E-state index >= 15 is 0 Å². The van der Waals surface area contributed by atoms with E-state index < -0.39 is 23.4 Å². The molecule has 9 heteroatoms. The molecule has 0 fully saturated rings. The van der Waals surface area contributed by atoms with Gasteiger partial charge in [-0.05, 0) is 12.1 Å². The van der Waals surface area contributed by atoms with E-state index in [-0.39, 0.29) is 40.5 Å². The van der Waals surface area contributed by atoms with E-state index in [0.717, 1.165) is 16.7 Å². The predicted octanol–water partition coefficient (Wildman–Crippen LogP) is 2.85. The first-order chi connectivity index (χ1) is 12.8. The van der Waals surface area contributed by atoms with Gasteiger partial charge in [-0.2, -0.15) is 5.26 Å². The zero-order chi connectivity index (χ0) is 20.1. The fourth-order valence-electron chi connectivity index (χ4n) is 2.66. The Morgan fingerprint density at radius 1 is 1.37 bits per heavy atom. The van der Waals surface area contributed by atoms with Crippen molar-refractivity contribution in [1.29, 1.82) is 5.26 Å². The van der Waals surface area contributed by atoms with Crippen LogP contribution >= 0.6 is 11.6 Å². The van der Waals surface area contributed by atoms with E-state index in [1.165, 1.54) is 26.5 Å². The van der Waals surface area contributed by atoms with E-state index in [2.05, 4.69) is 0 Å².